The first-order chi connectivity index (χ1) is 15.5. The minimum Gasteiger partial charge on any atom is -0.391 e. The van der Waals surface area contributed by atoms with Gasteiger partial charge in [0.15, 0.2) is 5.82 Å². The summed E-state index contributed by atoms with van der Waals surface area (Å²) in [7, 11) is 0. The summed E-state index contributed by atoms with van der Waals surface area (Å²) in [5.74, 6) is 0.616. The number of amides is 2. The number of nitrogens with two attached hydrogens (primary N) is 1. The largest absolute Gasteiger partial charge is 0.391 e. The van der Waals surface area contributed by atoms with E-state index < -0.39 is 12.1 Å². The van der Waals surface area contributed by atoms with Gasteiger partial charge in [0.25, 0.3) is 0 Å². The van der Waals surface area contributed by atoms with Crippen LogP contribution in [0.15, 0.2) is 55.1 Å². The van der Waals surface area contributed by atoms with E-state index in [0.717, 1.165) is 41.6 Å². The standard InChI is InChI=1S/C24H28N6O2/c1-16-7-8-20(30(24(25)32)21-5-2-3-6-22(21)31)12-17(16)14-29-19-11-18(13-26-15-19)23-27-9-4-10-28-23/h4,7-13,15,21-22,29,31H,2-3,5-6,14H2,1H3,(H2,25,32)/t21-,22+/m1/s1. The molecule has 0 radical (unpaired) electrons. The Labute approximate surface area is 187 Å². The minimum atomic E-state index is -0.562. The summed E-state index contributed by atoms with van der Waals surface area (Å²) in [5, 5.41) is 13.9. The smallest absolute Gasteiger partial charge is 0.319 e. The van der Waals surface area contributed by atoms with Crippen LogP contribution in [-0.4, -0.2) is 38.2 Å². The number of rotatable bonds is 6. The topological polar surface area (TPSA) is 117 Å². The lowest BCUT2D eigenvalue weighted by molar-refractivity contribution is 0.106. The number of aliphatic hydroxyl groups excluding tert-OH is 1. The van der Waals surface area contributed by atoms with Gasteiger partial charge in [-0.05, 0) is 55.2 Å². The van der Waals surface area contributed by atoms with Crippen molar-refractivity contribution in [2.45, 2.75) is 51.3 Å². The molecule has 0 spiro atoms. The zero-order chi connectivity index (χ0) is 22.5. The van der Waals surface area contributed by atoms with E-state index in [2.05, 4.69) is 20.3 Å². The lowest BCUT2D eigenvalue weighted by atomic mass is 9.91. The molecule has 1 aliphatic rings. The van der Waals surface area contributed by atoms with Crippen LogP contribution in [0.25, 0.3) is 11.4 Å². The molecule has 0 saturated heterocycles. The predicted octanol–water partition coefficient (Wildman–Crippen LogP) is 3.65. The number of pyridine rings is 1. The van der Waals surface area contributed by atoms with E-state index >= 15 is 0 Å². The number of nitrogens with zero attached hydrogens (tertiary/aromatic N) is 4. The van der Waals surface area contributed by atoms with E-state index in [4.69, 9.17) is 5.73 Å². The van der Waals surface area contributed by atoms with Crippen LogP contribution in [0.1, 0.15) is 36.8 Å². The fourth-order valence-corrected chi connectivity index (χ4v) is 4.18. The molecular formula is C24H28N6O2. The molecule has 1 aromatic carbocycles. The van der Waals surface area contributed by atoms with Crippen molar-refractivity contribution >= 4 is 17.4 Å². The molecule has 1 saturated carbocycles. The van der Waals surface area contributed by atoms with Crippen molar-refractivity contribution in [3.8, 4) is 11.4 Å². The van der Waals surface area contributed by atoms with Crippen molar-refractivity contribution in [2.24, 2.45) is 5.73 Å². The van der Waals surface area contributed by atoms with Crippen LogP contribution < -0.4 is 16.0 Å². The highest BCUT2D eigenvalue weighted by molar-refractivity contribution is 5.91. The van der Waals surface area contributed by atoms with Crippen molar-refractivity contribution in [3.63, 3.8) is 0 Å². The van der Waals surface area contributed by atoms with Crippen LogP contribution in [0.2, 0.25) is 0 Å². The van der Waals surface area contributed by atoms with E-state index in [-0.39, 0.29) is 6.04 Å². The van der Waals surface area contributed by atoms with Gasteiger partial charge < -0.3 is 16.2 Å². The predicted molar refractivity (Wildman–Crippen MR) is 124 cm³/mol. The number of carbonyl (C=O) groups is 1. The zero-order valence-electron chi connectivity index (χ0n) is 18.1. The van der Waals surface area contributed by atoms with E-state index in [1.165, 1.54) is 0 Å². The van der Waals surface area contributed by atoms with Crippen LogP contribution in [0, 0.1) is 6.92 Å². The number of hydrogen-bond donors (Lipinski definition) is 3. The number of benzene rings is 1. The Morgan fingerprint density at radius 2 is 1.97 bits per heavy atom. The van der Waals surface area contributed by atoms with Crippen LogP contribution in [0.3, 0.4) is 0 Å². The normalized spacial score (nSPS) is 18.2. The molecule has 8 nitrogen and oxygen atoms in total. The Bertz CT molecular complexity index is 1080. The summed E-state index contributed by atoms with van der Waals surface area (Å²) in [6, 6.07) is 8.72. The highest BCUT2D eigenvalue weighted by atomic mass is 16.3. The maximum absolute atomic E-state index is 12.3. The average Bonchev–Trinajstić information content (AvgIpc) is 2.81. The number of hydrogen-bond acceptors (Lipinski definition) is 6. The first-order valence-electron chi connectivity index (χ1n) is 10.9. The van der Waals surface area contributed by atoms with Crippen molar-refractivity contribution in [1.82, 2.24) is 15.0 Å². The average molecular weight is 433 g/mol. The van der Waals surface area contributed by atoms with Gasteiger partial charge in [-0.15, -0.1) is 0 Å². The van der Waals surface area contributed by atoms with E-state index in [1.54, 1.807) is 35.8 Å². The second kappa shape index (κ2) is 9.74. The zero-order valence-corrected chi connectivity index (χ0v) is 18.1. The second-order valence-corrected chi connectivity index (χ2v) is 8.13. The van der Waals surface area contributed by atoms with Gasteiger partial charge >= 0.3 is 6.03 Å². The summed E-state index contributed by atoms with van der Waals surface area (Å²) in [6.07, 6.45) is 9.68. The number of nitrogens with one attached hydrogen (secondary N) is 1. The van der Waals surface area contributed by atoms with Gasteiger partial charge in [-0.25, -0.2) is 14.8 Å². The third kappa shape index (κ3) is 4.86. The Kier molecular flexibility index (Phi) is 6.61. The maximum atomic E-state index is 12.3. The van der Waals surface area contributed by atoms with Gasteiger partial charge in [-0.1, -0.05) is 18.9 Å². The number of aliphatic hydroxyl groups is 1. The fraction of sp³-hybridized carbons (Fsp3) is 0.333. The summed E-state index contributed by atoms with van der Waals surface area (Å²) < 4.78 is 0. The Balaban J connectivity index is 1.54. The molecule has 4 N–H and O–H groups in total. The third-order valence-corrected chi connectivity index (χ3v) is 5.92. The van der Waals surface area contributed by atoms with E-state index in [1.807, 2.05) is 31.2 Å². The molecule has 0 aliphatic heterocycles. The Morgan fingerprint density at radius 1 is 1.19 bits per heavy atom. The lowest BCUT2D eigenvalue weighted by Crippen LogP contribution is -2.51. The molecule has 3 aromatic rings. The molecule has 2 aromatic heterocycles. The molecule has 1 aliphatic carbocycles. The van der Waals surface area contributed by atoms with Gasteiger partial charge in [0.05, 0.1) is 17.8 Å². The molecule has 0 unspecified atom stereocenters. The number of carbonyl (C=O) groups excluding carboxylic acids is 1. The lowest BCUT2D eigenvalue weighted by Gasteiger charge is -2.36. The van der Waals surface area contributed by atoms with Gasteiger partial charge in [0, 0.05) is 42.6 Å². The molecule has 0 bridgehead atoms. The molecule has 4 rings (SSSR count). The monoisotopic (exact) mass is 432 g/mol. The number of primary amides is 1. The number of anilines is 2. The molecule has 1 fully saturated rings. The van der Waals surface area contributed by atoms with Crippen LogP contribution in [0.4, 0.5) is 16.2 Å². The summed E-state index contributed by atoms with van der Waals surface area (Å²) in [6.45, 7) is 2.57. The fourth-order valence-electron chi connectivity index (χ4n) is 4.18. The van der Waals surface area contributed by atoms with Crippen LogP contribution in [-0.2, 0) is 6.54 Å². The molecule has 32 heavy (non-hydrogen) atoms. The quantitative estimate of drug-likeness (QED) is 0.547. The molecule has 2 amide bonds. The summed E-state index contributed by atoms with van der Waals surface area (Å²) >= 11 is 0. The molecular weight excluding hydrogens is 404 g/mol. The minimum absolute atomic E-state index is 0.295. The molecule has 8 heteroatoms. The van der Waals surface area contributed by atoms with Crippen molar-refractivity contribution < 1.29 is 9.90 Å². The molecule has 166 valence electrons. The third-order valence-electron chi connectivity index (χ3n) is 5.92. The Hall–Kier alpha value is -3.52. The van der Waals surface area contributed by atoms with Gasteiger partial charge in [0.2, 0.25) is 0 Å². The number of aromatic nitrogens is 3. The second-order valence-electron chi connectivity index (χ2n) is 8.13. The van der Waals surface area contributed by atoms with Crippen LogP contribution >= 0.6 is 0 Å². The number of aryl methyl sites for hydroxylation is 1. The molecule has 2 atom stereocenters. The molecule has 2 heterocycles. The van der Waals surface area contributed by atoms with Gasteiger partial charge in [-0.2, -0.15) is 0 Å². The van der Waals surface area contributed by atoms with Crippen molar-refractivity contribution in [2.75, 3.05) is 10.2 Å². The van der Waals surface area contributed by atoms with E-state index in [9.17, 15) is 9.90 Å². The van der Waals surface area contributed by atoms with E-state index in [0.29, 0.717) is 24.5 Å². The summed E-state index contributed by atoms with van der Waals surface area (Å²) in [5.41, 5.74) is 10.2. The van der Waals surface area contributed by atoms with Crippen molar-refractivity contribution in [1.29, 1.82) is 0 Å². The maximum Gasteiger partial charge on any atom is 0.319 e. The van der Waals surface area contributed by atoms with Gasteiger partial charge in [-0.3, -0.25) is 9.88 Å². The van der Waals surface area contributed by atoms with Crippen LogP contribution in [0.5, 0.6) is 0 Å². The van der Waals surface area contributed by atoms with Gasteiger partial charge in [0.1, 0.15) is 0 Å². The highest BCUT2D eigenvalue weighted by Gasteiger charge is 2.32. The SMILES string of the molecule is Cc1ccc(N(C(N)=O)[C@@H]2CCCC[C@@H]2O)cc1CNc1cncc(-c2ncccn2)c1. The number of urea groups is 1. The highest BCUT2D eigenvalue weighted by Crippen LogP contribution is 2.29. The Morgan fingerprint density at radius 3 is 2.72 bits per heavy atom. The summed E-state index contributed by atoms with van der Waals surface area (Å²) in [4.78, 5) is 26.7. The first kappa shape index (κ1) is 21.7. The van der Waals surface area contributed by atoms with Crippen molar-refractivity contribution in [3.05, 3.63) is 66.2 Å². The first-order valence-corrected chi connectivity index (χ1v) is 10.9.